The standard InChI is InChI=1S/C13H17NO3/c1-8-3-4-9(2)10(5-8)12-6-14-11(7-17-12)13(15)16/h3-5,11-12,14H,6-7H2,1-2H3,(H,15,16). The summed E-state index contributed by atoms with van der Waals surface area (Å²) >= 11 is 0. The van der Waals surface area contributed by atoms with Gasteiger partial charge in [0.05, 0.1) is 12.7 Å². The fourth-order valence-electron chi connectivity index (χ4n) is 2.04. The molecule has 2 rings (SSSR count). The zero-order valence-corrected chi connectivity index (χ0v) is 10.1. The van der Waals surface area contributed by atoms with E-state index in [1.54, 1.807) is 0 Å². The minimum atomic E-state index is -0.857. The molecule has 1 aromatic carbocycles. The van der Waals surface area contributed by atoms with Crippen molar-refractivity contribution in [3.8, 4) is 0 Å². The van der Waals surface area contributed by atoms with Crippen molar-refractivity contribution in [2.45, 2.75) is 26.0 Å². The largest absolute Gasteiger partial charge is 0.480 e. The van der Waals surface area contributed by atoms with Gasteiger partial charge in [-0.05, 0) is 25.0 Å². The van der Waals surface area contributed by atoms with Crippen molar-refractivity contribution in [3.05, 3.63) is 34.9 Å². The molecular weight excluding hydrogens is 218 g/mol. The van der Waals surface area contributed by atoms with Crippen molar-refractivity contribution in [2.75, 3.05) is 13.2 Å². The van der Waals surface area contributed by atoms with Gasteiger partial charge in [0.15, 0.2) is 0 Å². The molecule has 1 fully saturated rings. The third kappa shape index (κ3) is 2.65. The van der Waals surface area contributed by atoms with E-state index in [2.05, 4.69) is 23.5 Å². The zero-order valence-electron chi connectivity index (χ0n) is 10.1. The van der Waals surface area contributed by atoms with Crippen LogP contribution in [0.2, 0.25) is 0 Å². The molecule has 17 heavy (non-hydrogen) atoms. The second kappa shape index (κ2) is 4.85. The van der Waals surface area contributed by atoms with Crippen LogP contribution >= 0.6 is 0 Å². The Hall–Kier alpha value is -1.39. The van der Waals surface area contributed by atoms with Crippen molar-refractivity contribution in [1.82, 2.24) is 5.32 Å². The predicted octanol–water partition coefficient (Wildman–Crippen LogP) is 1.42. The smallest absolute Gasteiger partial charge is 0.323 e. The molecule has 0 saturated carbocycles. The van der Waals surface area contributed by atoms with E-state index in [4.69, 9.17) is 9.84 Å². The summed E-state index contributed by atoms with van der Waals surface area (Å²) in [6.45, 7) is 4.84. The van der Waals surface area contributed by atoms with Gasteiger partial charge in [-0.25, -0.2) is 0 Å². The summed E-state index contributed by atoms with van der Waals surface area (Å²) in [4.78, 5) is 10.8. The molecule has 2 unspecified atom stereocenters. The second-order valence-corrected chi connectivity index (χ2v) is 4.48. The van der Waals surface area contributed by atoms with E-state index in [-0.39, 0.29) is 12.7 Å². The molecule has 1 aliphatic rings. The Morgan fingerprint density at radius 1 is 1.47 bits per heavy atom. The molecule has 0 amide bonds. The molecule has 1 saturated heterocycles. The highest BCUT2D eigenvalue weighted by molar-refractivity contribution is 5.73. The number of carboxylic acid groups (broad SMARTS) is 1. The maximum atomic E-state index is 10.8. The molecule has 0 bridgehead atoms. The fourth-order valence-corrected chi connectivity index (χ4v) is 2.04. The van der Waals surface area contributed by atoms with Crippen molar-refractivity contribution in [2.24, 2.45) is 0 Å². The summed E-state index contributed by atoms with van der Waals surface area (Å²) < 4.78 is 5.63. The summed E-state index contributed by atoms with van der Waals surface area (Å²) in [5.74, 6) is -0.857. The van der Waals surface area contributed by atoms with Gasteiger partial charge in [0.2, 0.25) is 0 Å². The summed E-state index contributed by atoms with van der Waals surface area (Å²) in [5, 5.41) is 11.8. The molecule has 92 valence electrons. The van der Waals surface area contributed by atoms with Gasteiger partial charge in [0.1, 0.15) is 6.04 Å². The lowest BCUT2D eigenvalue weighted by Gasteiger charge is -2.29. The van der Waals surface area contributed by atoms with E-state index in [0.717, 1.165) is 5.56 Å². The molecule has 4 heteroatoms. The number of benzene rings is 1. The van der Waals surface area contributed by atoms with Crippen LogP contribution in [0, 0.1) is 13.8 Å². The van der Waals surface area contributed by atoms with Gasteiger partial charge >= 0.3 is 5.97 Å². The number of morpholine rings is 1. The molecule has 2 atom stereocenters. The van der Waals surface area contributed by atoms with Crippen LogP contribution in [0.1, 0.15) is 22.8 Å². The third-order valence-electron chi connectivity index (χ3n) is 3.09. The topological polar surface area (TPSA) is 58.6 Å². The Morgan fingerprint density at radius 2 is 2.24 bits per heavy atom. The van der Waals surface area contributed by atoms with Crippen LogP contribution in [0.3, 0.4) is 0 Å². The van der Waals surface area contributed by atoms with Crippen molar-refractivity contribution in [3.63, 3.8) is 0 Å². The van der Waals surface area contributed by atoms with Gasteiger partial charge in [0, 0.05) is 6.54 Å². The van der Waals surface area contributed by atoms with Crippen LogP contribution in [0.5, 0.6) is 0 Å². The van der Waals surface area contributed by atoms with Gasteiger partial charge in [-0.15, -0.1) is 0 Å². The Kier molecular flexibility index (Phi) is 3.45. The Labute approximate surface area is 101 Å². The third-order valence-corrected chi connectivity index (χ3v) is 3.09. The Bertz CT molecular complexity index is 423. The lowest BCUT2D eigenvalue weighted by atomic mass is 9.99. The van der Waals surface area contributed by atoms with Crippen LogP contribution in [-0.2, 0) is 9.53 Å². The molecule has 0 spiro atoms. The van der Waals surface area contributed by atoms with Crippen LogP contribution in [-0.4, -0.2) is 30.3 Å². The van der Waals surface area contributed by atoms with Gasteiger partial charge in [-0.2, -0.15) is 0 Å². The van der Waals surface area contributed by atoms with Crippen LogP contribution in [0.25, 0.3) is 0 Å². The summed E-state index contributed by atoms with van der Waals surface area (Å²) in [6, 6.07) is 5.64. The first kappa shape index (κ1) is 12.1. The normalized spacial score (nSPS) is 24.6. The minimum absolute atomic E-state index is 0.0505. The first-order valence-corrected chi connectivity index (χ1v) is 5.73. The Morgan fingerprint density at radius 3 is 2.82 bits per heavy atom. The van der Waals surface area contributed by atoms with Crippen molar-refractivity contribution < 1.29 is 14.6 Å². The van der Waals surface area contributed by atoms with Crippen LogP contribution in [0.4, 0.5) is 0 Å². The molecule has 1 heterocycles. The first-order chi connectivity index (χ1) is 8.08. The molecule has 0 aromatic heterocycles. The molecule has 4 nitrogen and oxygen atoms in total. The number of hydrogen-bond acceptors (Lipinski definition) is 3. The molecule has 2 N–H and O–H groups in total. The number of carbonyl (C=O) groups is 1. The Balaban J connectivity index is 2.10. The van der Waals surface area contributed by atoms with Crippen molar-refractivity contribution in [1.29, 1.82) is 0 Å². The van der Waals surface area contributed by atoms with E-state index >= 15 is 0 Å². The van der Waals surface area contributed by atoms with E-state index in [0.29, 0.717) is 6.54 Å². The zero-order chi connectivity index (χ0) is 12.4. The number of aryl methyl sites for hydroxylation is 2. The summed E-state index contributed by atoms with van der Waals surface area (Å²) in [6.07, 6.45) is -0.0505. The average molecular weight is 235 g/mol. The number of ether oxygens (including phenoxy) is 1. The predicted molar refractivity (Wildman–Crippen MR) is 64.0 cm³/mol. The van der Waals surface area contributed by atoms with Gasteiger partial charge in [-0.1, -0.05) is 23.8 Å². The number of nitrogens with one attached hydrogen (secondary N) is 1. The number of carboxylic acids is 1. The highest BCUT2D eigenvalue weighted by Gasteiger charge is 2.27. The van der Waals surface area contributed by atoms with Crippen LogP contribution in [0.15, 0.2) is 18.2 Å². The lowest BCUT2D eigenvalue weighted by molar-refractivity contribution is -0.144. The molecule has 1 aliphatic heterocycles. The van der Waals surface area contributed by atoms with E-state index < -0.39 is 12.0 Å². The maximum absolute atomic E-state index is 10.8. The van der Waals surface area contributed by atoms with Gasteiger partial charge in [-0.3, -0.25) is 10.1 Å². The molecule has 0 aliphatic carbocycles. The minimum Gasteiger partial charge on any atom is -0.480 e. The first-order valence-electron chi connectivity index (χ1n) is 5.73. The number of aliphatic carboxylic acids is 1. The van der Waals surface area contributed by atoms with Crippen molar-refractivity contribution >= 4 is 5.97 Å². The van der Waals surface area contributed by atoms with Gasteiger partial charge in [0.25, 0.3) is 0 Å². The summed E-state index contributed by atoms with van der Waals surface area (Å²) in [7, 11) is 0. The molecule has 1 aromatic rings. The quantitative estimate of drug-likeness (QED) is 0.814. The fraction of sp³-hybridized carbons (Fsp3) is 0.462. The highest BCUT2D eigenvalue weighted by atomic mass is 16.5. The van der Waals surface area contributed by atoms with Crippen LogP contribution < -0.4 is 5.32 Å². The highest BCUT2D eigenvalue weighted by Crippen LogP contribution is 2.24. The number of hydrogen-bond donors (Lipinski definition) is 2. The van der Waals surface area contributed by atoms with E-state index in [1.165, 1.54) is 11.1 Å². The maximum Gasteiger partial charge on any atom is 0.323 e. The monoisotopic (exact) mass is 235 g/mol. The van der Waals surface area contributed by atoms with Gasteiger partial charge < -0.3 is 9.84 Å². The summed E-state index contributed by atoms with van der Waals surface area (Å²) in [5.41, 5.74) is 3.51. The SMILES string of the molecule is Cc1ccc(C)c(C2CNC(C(=O)O)CO2)c1. The second-order valence-electron chi connectivity index (χ2n) is 4.48. The molecular formula is C13H17NO3. The molecule has 0 radical (unpaired) electrons. The lowest BCUT2D eigenvalue weighted by Crippen LogP contribution is -2.47. The average Bonchev–Trinajstić information content (AvgIpc) is 2.32. The van der Waals surface area contributed by atoms with E-state index in [9.17, 15) is 4.79 Å². The van der Waals surface area contributed by atoms with E-state index in [1.807, 2.05) is 13.8 Å². The number of rotatable bonds is 2.